The molecule has 2 aromatic rings. The lowest BCUT2D eigenvalue weighted by molar-refractivity contribution is 0.0600. The fourth-order valence-corrected chi connectivity index (χ4v) is 1.33. The van der Waals surface area contributed by atoms with Crippen LogP contribution in [-0.4, -0.2) is 23.0 Å². The van der Waals surface area contributed by atoms with Crippen molar-refractivity contribution in [3.63, 3.8) is 0 Å². The Kier molecular flexibility index (Phi) is 2.10. The van der Waals surface area contributed by atoms with Gasteiger partial charge in [0.15, 0.2) is 0 Å². The Morgan fingerprint density at radius 1 is 1.67 bits per heavy atom. The van der Waals surface area contributed by atoms with Gasteiger partial charge in [-0.3, -0.25) is 0 Å². The van der Waals surface area contributed by atoms with Crippen molar-refractivity contribution >= 4 is 17.0 Å². The van der Waals surface area contributed by atoms with Gasteiger partial charge in [0, 0.05) is 17.8 Å². The van der Waals surface area contributed by atoms with Crippen molar-refractivity contribution in [1.82, 2.24) is 9.97 Å². The molecule has 0 aliphatic carbocycles. The number of pyridine rings is 1. The minimum absolute atomic E-state index is 0.334. The topological polar surface area (TPSA) is 78.8 Å². The van der Waals surface area contributed by atoms with Gasteiger partial charge in [0.25, 0.3) is 0 Å². The van der Waals surface area contributed by atoms with Crippen LogP contribution in [0.5, 0.6) is 0 Å². The van der Waals surface area contributed by atoms with Crippen LogP contribution < -0.4 is 0 Å². The molecule has 0 spiro atoms. The van der Waals surface area contributed by atoms with Gasteiger partial charge in [-0.2, -0.15) is 5.26 Å². The molecule has 15 heavy (non-hydrogen) atoms. The lowest BCUT2D eigenvalue weighted by Gasteiger charge is -1.97. The number of carbonyl (C=O) groups excluding carboxylic acids is 1. The number of esters is 1. The number of nitriles is 1. The Morgan fingerprint density at radius 3 is 3.13 bits per heavy atom. The molecule has 0 aromatic carbocycles. The van der Waals surface area contributed by atoms with Gasteiger partial charge in [0.05, 0.1) is 18.2 Å². The zero-order chi connectivity index (χ0) is 10.8. The van der Waals surface area contributed by atoms with E-state index >= 15 is 0 Å². The van der Waals surface area contributed by atoms with E-state index in [2.05, 4.69) is 14.7 Å². The highest BCUT2D eigenvalue weighted by atomic mass is 16.5. The molecule has 0 aliphatic heterocycles. The third-order valence-corrected chi connectivity index (χ3v) is 2.07. The normalized spacial score (nSPS) is 9.87. The fourth-order valence-electron chi connectivity index (χ4n) is 1.33. The Labute approximate surface area is 85.3 Å². The molecule has 0 saturated heterocycles. The van der Waals surface area contributed by atoms with Gasteiger partial charge in [-0.15, -0.1) is 0 Å². The van der Waals surface area contributed by atoms with E-state index in [1.807, 2.05) is 6.07 Å². The van der Waals surface area contributed by atoms with Crippen LogP contribution in [0.3, 0.4) is 0 Å². The third kappa shape index (κ3) is 1.42. The lowest BCUT2D eigenvalue weighted by Crippen LogP contribution is -2.01. The molecular weight excluding hydrogens is 194 g/mol. The second kappa shape index (κ2) is 3.42. The summed E-state index contributed by atoms with van der Waals surface area (Å²) in [6.07, 6.45) is 2.96. The van der Waals surface area contributed by atoms with E-state index in [1.165, 1.54) is 13.3 Å². The predicted octanol–water partition coefficient (Wildman–Crippen LogP) is 1.22. The maximum absolute atomic E-state index is 11.2. The average Bonchev–Trinajstić information content (AvgIpc) is 2.69. The molecule has 0 bridgehead atoms. The van der Waals surface area contributed by atoms with Gasteiger partial charge in [-0.1, -0.05) is 0 Å². The summed E-state index contributed by atoms with van der Waals surface area (Å²) in [5.74, 6) is -0.463. The minimum Gasteiger partial charge on any atom is -0.465 e. The van der Waals surface area contributed by atoms with Crippen LogP contribution in [0.25, 0.3) is 11.0 Å². The number of carbonyl (C=O) groups is 1. The zero-order valence-electron chi connectivity index (χ0n) is 7.94. The summed E-state index contributed by atoms with van der Waals surface area (Å²) in [5, 5.41) is 9.42. The molecule has 2 rings (SSSR count). The van der Waals surface area contributed by atoms with Crippen LogP contribution in [0, 0.1) is 11.3 Å². The van der Waals surface area contributed by atoms with Crippen molar-refractivity contribution < 1.29 is 9.53 Å². The number of aromatic amines is 1. The van der Waals surface area contributed by atoms with Gasteiger partial charge < -0.3 is 9.72 Å². The Morgan fingerprint density at radius 2 is 2.47 bits per heavy atom. The second-order valence-corrected chi connectivity index (χ2v) is 2.93. The van der Waals surface area contributed by atoms with Gasteiger partial charge in [-0.25, -0.2) is 9.78 Å². The Hall–Kier alpha value is -2.35. The van der Waals surface area contributed by atoms with E-state index in [1.54, 1.807) is 12.3 Å². The SMILES string of the molecule is COC(=O)c1cnc2[nH]cc(C#N)c2c1. The first-order valence-corrected chi connectivity index (χ1v) is 4.22. The van der Waals surface area contributed by atoms with Crippen LogP contribution in [0.15, 0.2) is 18.5 Å². The number of aromatic nitrogens is 2. The number of nitrogens with one attached hydrogen (secondary N) is 1. The highest BCUT2D eigenvalue weighted by molar-refractivity contribution is 5.94. The Balaban J connectivity index is 2.64. The number of hydrogen-bond acceptors (Lipinski definition) is 4. The van der Waals surface area contributed by atoms with Crippen molar-refractivity contribution in [3.05, 3.63) is 29.6 Å². The molecule has 0 fully saturated rings. The molecule has 0 atom stereocenters. The molecule has 1 N–H and O–H groups in total. The highest BCUT2D eigenvalue weighted by Crippen LogP contribution is 2.17. The summed E-state index contributed by atoms with van der Waals surface area (Å²) < 4.78 is 4.56. The standard InChI is InChI=1S/C10H7N3O2/c1-15-10(14)6-2-8-7(3-11)5-13-9(8)12-4-6/h2,4-5H,1H3,(H,12,13). The number of fused-ring (bicyclic) bond motifs is 1. The molecule has 0 aliphatic rings. The quantitative estimate of drug-likeness (QED) is 0.703. The summed E-state index contributed by atoms with van der Waals surface area (Å²) in [6.45, 7) is 0. The third-order valence-electron chi connectivity index (χ3n) is 2.07. The predicted molar refractivity (Wildman–Crippen MR) is 52.1 cm³/mol. The Bertz CT molecular complexity index is 566. The van der Waals surface area contributed by atoms with Gasteiger partial charge in [-0.05, 0) is 6.07 Å². The van der Waals surface area contributed by atoms with Gasteiger partial charge >= 0.3 is 5.97 Å². The number of nitrogens with zero attached hydrogens (tertiary/aromatic N) is 2. The van der Waals surface area contributed by atoms with E-state index in [0.29, 0.717) is 22.2 Å². The van der Waals surface area contributed by atoms with E-state index in [-0.39, 0.29) is 0 Å². The van der Waals surface area contributed by atoms with Crippen LogP contribution in [-0.2, 0) is 4.74 Å². The minimum atomic E-state index is -0.463. The molecule has 5 heteroatoms. The first-order chi connectivity index (χ1) is 7.26. The number of rotatable bonds is 1. The average molecular weight is 201 g/mol. The van der Waals surface area contributed by atoms with E-state index < -0.39 is 5.97 Å². The summed E-state index contributed by atoms with van der Waals surface area (Å²) in [5.41, 5.74) is 1.38. The molecule has 2 heterocycles. The first-order valence-electron chi connectivity index (χ1n) is 4.22. The molecule has 5 nitrogen and oxygen atoms in total. The molecule has 2 aromatic heterocycles. The molecule has 0 amide bonds. The molecule has 0 saturated carbocycles. The zero-order valence-corrected chi connectivity index (χ0v) is 7.94. The van der Waals surface area contributed by atoms with E-state index in [9.17, 15) is 4.79 Å². The van der Waals surface area contributed by atoms with Crippen molar-refractivity contribution in [2.75, 3.05) is 7.11 Å². The van der Waals surface area contributed by atoms with Gasteiger partial charge in [0.2, 0.25) is 0 Å². The maximum Gasteiger partial charge on any atom is 0.339 e. The smallest absolute Gasteiger partial charge is 0.339 e. The summed E-state index contributed by atoms with van der Waals surface area (Å²) in [7, 11) is 1.30. The van der Waals surface area contributed by atoms with Gasteiger partial charge in [0.1, 0.15) is 11.7 Å². The number of H-pyrrole nitrogens is 1. The first kappa shape index (κ1) is 9.21. The largest absolute Gasteiger partial charge is 0.465 e. The molecule has 0 unspecified atom stereocenters. The van der Waals surface area contributed by atoms with Crippen molar-refractivity contribution in [2.45, 2.75) is 0 Å². The van der Waals surface area contributed by atoms with Crippen LogP contribution in [0.2, 0.25) is 0 Å². The van der Waals surface area contributed by atoms with E-state index in [0.717, 1.165) is 0 Å². The van der Waals surface area contributed by atoms with Crippen molar-refractivity contribution in [2.24, 2.45) is 0 Å². The van der Waals surface area contributed by atoms with Crippen molar-refractivity contribution in [1.29, 1.82) is 5.26 Å². The fraction of sp³-hybridized carbons (Fsp3) is 0.100. The molecular formula is C10H7N3O2. The number of methoxy groups -OCH3 is 1. The van der Waals surface area contributed by atoms with E-state index in [4.69, 9.17) is 5.26 Å². The number of ether oxygens (including phenoxy) is 1. The van der Waals surface area contributed by atoms with Crippen LogP contribution in [0.4, 0.5) is 0 Å². The highest BCUT2D eigenvalue weighted by Gasteiger charge is 2.10. The summed E-state index contributed by atoms with van der Waals surface area (Å²) in [4.78, 5) is 18.1. The monoisotopic (exact) mass is 201 g/mol. The molecule has 74 valence electrons. The second-order valence-electron chi connectivity index (χ2n) is 2.93. The van der Waals surface area contributed by atoms with Crippen LogP contribution in [0.1, 0.15) is 15.9 Å². The molecule has 0 radical (unpaired) electrons. The van der Waals surface area contributed by atoms with Crippen LogP contribution >= 0.6 is 0 Å². The summed E-state index contributed by atoms with van der Waals surface area (Å²) in [6, 6.07) is 3.60. The van der Waals surface area contributed by atoms with Crippen molar-refractivity contribution in [3.8, 4) is 6.07 Å². The maximum atomic E-state index is 11.2. The summed E-state index contributed by atoms with van der Waals surface area (Å²) >= 11 is 0. The number of hydrogen-bond donors (Lipinski definition) is 1. The lowest BCUT2D eigenvalue weighted by atomic mass is 10.2.